The van der Waals surface area contributed by atoms with Crippen LogP contribution in [0.3, 0.4) is 0 Å². The molecule has 2 amide bonds. The quantitative estimate of drug-likeness (QED) is 0.498. The first-order valence-corrected chi connectivity index (χ1v) is 9.37. The van der Waals surface area contributed by atoms with E-state index in [0.717, 1.165) is 24.8 Å². The molecule has 0 bridgehead atoms. The maximum Gasteiger partial charge on any atom is 0.408 e. The fourth-order valence-corrected chi connectivity index (χ4v) is 2.90. The first-order chi connectivity index (χ1) is 11.5. The van der Waals surface area contributed by atoms with Gasteiger partial charge < -0.3 is 15.4 Å². The van der Waals surface area contributed by atoms with Crippen LogP contribution in [0.1, 0.15) is 45.6 Å². The van der Waals surface area contributed by atoms with E-state index < -0.39 is 11.5 Å². The Hall–Kier alpha value is -1.69. The largest absolute Gasteiger partial charge is 0.445 e. The highest BCUT2D eigenvalue weighted by Gasteiger charge is 2.22. The zero-order valence-electron chi connectivity index (χ0n) is 14.7. The molecule has 0 heterocycles. The van der Waals surface area contributed by atoms with Gasteiger partial charge in [-0.15, -0.1) is 11.8 Å². The summed E-state index contributed by atoms with van der Waals surface area (Å²) in [5.74, 6) is -0.179. The van der Waals surface area contributed by atoms with E-state index in [-0.39, 0.29) is 17.8 Å². The highest BCUT2D eigenvalue weighted by molar-refractivity contribution is 8.01. The topological polar surface area (TPSA) is 67.4 Å². The van der Waals surface area contributed by atoms with Crippen LogP contribution in [0.2, 0.25) is 0 Å². The molecule has 0 aliphatic carbocycles. The molecule has 0 saturated carbocycles. The molecule has 1 rings (SSSR count). The average Bonchev–Trinajstić information content (AvgIpc) is 2.56. The van der Waals surface area contributed by atoms with Crippen molar-refractivity contribution in [2.75, 3.05) is 6.54 Å². The van der Waals surface area contributed by atoms with E-state index in [0.29, 0.717) is 6.54 Å². The van der Waals surface area contributed by atoms with E-state index in [9.17, 15) is 9.59 Å². The molecule has 0 fully saturated rings. The summed E-state index contributed by atoms with van der Waals surface area (Å²) in [6.07, 6.45) is 2.54. The minimum Gasteiger partial charge on any atom is -0.445 e. The molecule has 1 aromatic rings. The van der Waals surface area contributed by atoms with E-state index in [2.05, 4.69) is 17.6 Å². The van der Waals surface area contributed by atoms with Crippen LogP contribution < -0.4 is 10.6 Å². The molecule has 5 nitrogen and oxygen atoms in total. The number of hydrogen-bond donors (Lipinski definition) is 2. The second kappa shape index (κ2) is 11.8. The van der Waals surface area contributed by atoms with E-state index in [4.69, 9.17) is 4.74 Å². The lowest BCUT2D eigenvalue weighted by molar-refractivity contribution is -0.121. The van der Waals surface area contributed by atoms with Gasteiger partial charge in [-0.25, -0.2) is 4.79 Å². The summed E-state index contributed by atoms with van der Waals surface area (Å²) in [5.41, 5.74) is 0.907. The lowest BCUT2D eigenvalue weighted by atomic mass is 10.2. The molecule has 0 aromatic heterocycles. The number of ether oxygens (including phenoxy) is 1. The summed E-state index contributed by atoms with van der Waals surface area (Å²) < 4.78 is 5.19. The maximum absolute atomic E-state index is 12.2. The molecule has 0 radical (unpaired) electrons. The van der Waals surface area contributed by atoms with Crippen LogP contribution in [0, 0.1) is 0 Å². The highest BCUT2D eigenvalue weighted by Crippen LogP contribution is 2.15. The van der Waals surface area contributed by atoms with Crippen molar-refractivity contribution < 1.29 is 14.3 Å². The molecule has 0 aliphatic heterocycles. The summed E-state index contributed by atoms with van der Waals surface area (Å²) in [6.45, 7) is 6.90. The third-order valence-electron chi connectivity index (χ3n) is 3.19. The van der Waals surface area contributed by atoms with Crippen LogP contribution in [-0.4, -0.2) is 29.2 Å². The van der Waals surface area contributed by atoms with Crippen molar-refractivity contribution in [3.8, 4) is 0 Å². The Bertz CT molecular complexity index is 494. The first-order valence-electron chi connectivity index (χ1n) is 8.43. The number of carbonyl (C=O) groups excluding carboxylic acids is 2. The number of alkyl carbamates (subject to hydrolysis) is 1. The molecule has 0 spiro atoms. The Balaban J connectivity index is 2.45. The normalized spacial score (nSPS) is 11.8. The van der Waals surface area contributed by atoms with Crippen molar-refractivity contribution in [2.24, 2.45) is 0 Å². The smallest absolute Gasteiger partial charge is 0.408 e. The molecule has 2 N–H and O–H groups in total. The Kier molecular flexibility index (Phi) is 10.00. The van der Waals surface area contributed by atoms with E-state index in [1.807, 2.05) is 44.2 Å². The third kappa shape index (κ3) is 8.82. The van der Waals surface area contributed by atoms with Crippen LogP contribution in [0.25, 0.3) is 0 Å². The predicted molar refractivity (Wildman–Crippen MR) is 98.8 cm³/mol. The van der Waals surface area contributed by atoms with E-state index in [1.54, 1.807) is 0 Å². The monoisotopic (exact) mass is 352 g/mol. The number of unbranched alkanes of at least 4 members (excludes halogenated alkanes) is 2. The summed E-state index contributed by atoms with van der Waals surface area (Å²) >= 11 is 1.40. The lowest BCUT2D eigenvalue weighted by Gasteiger charge is -2.19. The van der Waals surface area contributed by atoms with Gasteiger partial charge >= 0.3 is 6.09 Å². The highest BCUT2D eigenvalue weighted by atomic mass is 32.2. The molecular formula is C18H28N2O3S. The molecule has 1 aromatic carbocycles. The number of carbonyl (C=O) groups is 2. The second-order valence-corrected chi connectivity index (χ2v) is 7.46. The van der Waals surface area contributed by atoms with Crippen LogP contribution in [-0.2, 0) is 16.1 Å². The maximum atomic E-state index is 12.2. The van der Waals surface area contributed by atoms with E-state index in [1.165, 1.54) is 11.8 Å². The standard InChI is InChI=1S/C18H28N2O3S/c1-4-5-9-12-19-16(21)17(24-14(2)3)20-18(22)23-13-15-10-7-6-8-11-15/h6-8,10-11,14,17H,4-5,9,12-13H2,1-3H3,(H,19,21)(H,20,22). The average molecular weight is 353 g/mol. The number of amides is 2. The van der Waals surface area contributed by atoms with Gasteiger partial charge in [0.15, 0.2) is 5.37 Å². The molecular weight excluding hydrogens is 324 g/mol. The SMILES string of the molecule is CCCCCNC(=O)C(NC(=O)OCc1ccccc1)SC(C)C. The van der Waals surface area contributed by atoms with Gasteiger partial charge in [-0.3, -0.25) is 4.79 Å². The molecule has 0 aliphatic rings. The molecule has 0 saturated heterocycles. The predicted octanol–water partition coefficient (Wildman–Crippen LogP) is 3.69. The van der Waals surface area contributed by atoms with Crippen LogP contribution in [0.15, 0.2) is 30.3 Å². The fraction of sp³-hybridized carbons (Fsp3) is 0.556. The molecule has 1 atom stereocenters. The zero-order valence-corrected chi connectivity index (χ0v) is 15.5. The minimum atomic E-state index is -0.644. The summed E-state index contributed by atoms with van der Waals surface area (Å²) in [4.78, 5) is 24.2. The molecule has 1 unspecified atom stereocenters. The minimum absolute atomic E-state index is 0.179. The zero-order chi connectivity index (χ0) is 17.8. The van der Waals surface area contributed by atoms with Crippen LogP contribution >= 0.6 is 11.8 Å². The van der Waals surface area contributed by atoms with Crippen molar-refractivity contribution in [1.29, 1.82) is 0 Å². The van der Waals surface area contributed by atoms with Crippen molar-refractivity contribution in [3.05, 3.63) is 35.9 Å². The summed E-state index contributed by atoms with van der Waals surface area (Å²) in [7, 11) is 0. The fourth-order valence-electron chi connectivity index (χ4n) is 1.98. The number of hydrogen-bond acceptors (Lipinski definition) is 4. The number of thioether (sulfide) groups is 1. The van der Waals surface area contributed by atoms with Gasteiger partial charge in [0.1, 0.15) is 6.61 Å². The van der Waals surface area contributed by atoms with Gasteiger partial charge in [0, 0.05) is 11.8 Å². The molecule has 6 heteroatoms. The molecule has 24 heavy (non-hydrogen) atoms. The van der Waals surface area contributed by atoms with Crippen molar-refractivity contribution >= 4 is 23.8 Å². The number of rotatable bonds is 10. The van der Waals surface area contributed by atoms with Crippen LogP contribution in [0.4, 0.5) is 4.79 Å². The van der Waals surface area contributed by atoms with Gasteiger partial charge in [0.05, 0.1) is 0 Å². The van der Waals surface area contributed by atoms with Gasteiger partial charge in [-0.2, -0.15) is 0 Å². The third-order valence-corrected chi connectivity index (χ3v) is 4.34. The van der Waals surface area contributed by atoms with Gasteiger partial charge in [0.2, 0.25) is 0 Å². The van der Waals surface area contributed by atoms with E-state index >= 15 is 0 Å². The first kappa shape index (κ1) is 20.4. The Morgan fingerprint density at radius 3 is 2.50 bits per heavy atom. The lowest BCUT2D eigenvalue weighted by Crippen LogP contribution is -2.45. The Labute approximate surface area is 148 Å². The van der Waals surface area contributed by atoms with Gasteiger partial charge in [0.25, 0.3) is 5.91 Å². The van der Waals surface area contributed by atoms with Crippen molar-refractivity contribution in [2.45, 2.75) is 57.3 Å². The van der Waals surface area contributed by atoms with Crippen LogP contribution in [0.5, 0.6) is 0 Å². The van der Waals surface area contributed by atoms with Crippen molar-refractivity contribution in [1.82, 2.24) is 10.6 Å². The summed E-state index contributed by atoms with van der Waals surface area (Å²) in [5, 5.41) is 5.09. The second-order valence-electron chi connectivity index (χ2n) is 5.77. The Morgan fingerprint density at radius 1 is 1.17 bits per heavy atom. The number of nitrogens with one attached hydrogen (secondary N) is 2. The van der Waals surface area contributed by atoms with Crippen molar-refractivity contribution in [3.63, 3.8) is 0 Å². The number of benzene rings is 1. The van der Waals surface area contributed by atoms with Gasteiger partial charge in [-0.1, -0.05) is 63.9 Å². The van der Waals surface area contributed by atoms with Gasteiger partial charge in [-0.05, 0) is 12.0 Å². The summed E-state index contributed by atoms with van der Waals surface area (Å²) in [6, 6.07) is 9.44. The Morgan fingerprint density at radius 2 is 1.88 bits per heavy atom. The molecule has 134 valence electrons.